The third-order valence-corrected chi connectivity index (χ3v) is 5.43. The van der Waals surface area contributed by atoms with Crippen molar-refractivity contribution in [3.8, 4) is 0 Å². The number of fused-ring (bicyclic) bond motifs is 2. The van der Waals surface area contributed by atoms with E-state index in [2.05, 4.69) is 19.9 Å². The maximum atomic E-state index is 12.9. The van der Waals surface area contributed by atoms with Crippen LogP contribution in [0.3, 0.4) is 0 Å². The second-order valence-corrected chi connectivity index (χ2v) is 6.86. The highest BCUT2D eigenvalue weighted by Crippen LogP contribution is 2.49. The summed E-state index contributed by atoms with van der Waals surface area (Å²) >= 11 is 0. The zero-order valence-corrected chi connectivity index (χ0v) is 12.2. The highest BCUT2D eigenvalue weighted by atomic mass is 16.4. The van der Waals surface area contributed by atoms with Gasteiger partial charge in [-0.25, -0.2) is 0 Å². The molecule has 110 valence electrons. The van der Waals surface area contributed by atoms with Crippen LogP contribution in [0.15, 0.2) is 12.2 Å². The molecule has 2 bridgehead atoms. The van der Waals surface area contributed by atoms with E-state index in [-0.39, 0.29) is 29.7 Å². The maximum absolute atomic E-state index is 12.9. The number of carbonyl (C=O) groups excluding carboxylic acids is 1. The quantitative estimate of drug-likeness (QED) is 0.787. The second-order valence-electron chi connectivity index (χ2n) is 6.86. The fourth-order valence-corrected chi connectivity index (χ4v) is 4.28. The van der Waals surface area contributed by atoms with Crippen molar-refractivity contribution < 1.29 is 14.7 Å². The van der Waals surface area contributed by atoms with Gasteiger partial charge in [-0.1, -0.05) is 19.1 Å². The fourth-order valence-electron chi connectivity index (χ4n) is 4.28. The van der Waals surface area contributed by atoms with Crippen molar-refractivity contribution in [2.24, 2.45) is 29.6 Å². The number of hydrogen-bond acceptors (Lipinski definition) is 2. The van der Waals surface area contributed by atoms with Crippen LogP contribution in [0.1, 0.15) is 33.1 Å². The molecule has 4 nitrogen and oxygen atoms in total. The summed E-state index contributed by atoms with van der Waals surface area (Å²) in [7, 11) is 0. The van der Waals surface area contributed by atoms with E-state index >= 15 is 0 Å². The third-order valence-electron chi connectivity index (χ3n) is 5.43. The molecule has 1 amide bonds. The molecule has 6 unspecified atom stereocenters. The fraction of sp³-hybridized carbons (Fsp3) is 0.750. The summed E-state index contributed by atoms with van der Waals surface area (Å²) in [5.74, 6) is -0.863. The van der Waals surface area contributed by atoms with Gasteiger partial charge in [0.15, 0.2) is 0 Å². The van der Waals surface area contributed by atoms with Crippen LogP contribution in [0.4, 0.5) is 0 Å². The van der Waals surface area contributed by atoms with E-state index in [0.717, 1.165) is 25.8 Å². The van der Waals surface area contributed by atoms with Crippen molar-refractivity contribution in [3.63, 3.8) is 0 Å². The first-order valence-electron chi connectivity index (χ1n) is 7.70. The Kier molecular flexibility index (Phi) is 3.35. The summed E-state index contributed by atoms with van der Waals surface area (Å²) in [6.07, 6.45) is 7.08. The van der Waals surface area contributed by atoms with Gasteiger partial charge >= 0.3 is 5.97 Å². The third kappa shape index (κ3) is 2.05. The average Bonchev–Trinajstić information content (AvgIpc) is 3.00. The normalized spacial score (nSPS) is 43.0. The average molecular weight is 277 g/mol. The monoisotopic (exact) mass is 277 g/mol. The molecular weight excluding hydrogens is 254 g/mol. The first-order valence-corrected chi connectivity index (χ1v) is 7.70. The predicted molar refractivity (Wildman–Crippen MR) is 74.9 cm³/mol. The van der Waals surface area contributed by atoms with Crippen molar-refractivity contribution in [2.45, 2.75) is 39.2 Å². The summed E-state index contributed by atoms with van der Waals surface area (Å²) in [5.41, 5.74) is 0. The van der Waals surface area contributed by atoms with Crippen LogP contribution in [0.25, 0.3) is 0 Å². The highest BCUT2D eigenvalue weighted by molar-refractivity contribution is 5.87. The lowest BCUT2D eigenvalue weighted by Gasteiger charge is -2.40. The largest absolute Gasteiger partial charge is 0.481 e. The summed E-state index contributed by atoms with van der Waals surface area (Å²) in [5, 5.41) is 9.47. The van der Waals surface area contributed by atoms with Crippen LogP contribution >= 0.6 is 0 Å². The Bertz CT molecular complexity index is 459. The lowest BCUT2D eigenvalue weighted by Crippen LogP contribution is -2.50. The molecule has 1 saturated carbocycles. The number of amides is 1. The second kappa shape index (κ2) is 4.90. The summed E-state index contributed by atoms with van der Waals surface area (Å²) in [4.78, 5) is 26.4. The number of likely N-dealkylation sites (tertiary alicyclic amines) is 1. The topological polar surface area (TPSA) is 57.6 Å². The molecule has 6 atom stereocenters. The van der Waals surface area contributed by atoms with E-state index in [0.29, 0.717) is 5.92 Å². The van der Waals surface area contributed by atoms with Crippen LogP contribution in [0, 0.1) is 29.6 Å². The first-order chi connectivity index (χ1) is 9.49. The Balaban J connectivity index is 1.82. The highest BCUT2D eigenvalue weighted by Gasteiger charge is 2.53. The van der Waals surface area contributed by atoms with Crippen molar-refractivity contribution in [1.29, 1.82) is 0 Å². The number of carboxylic acid groups (broad SMARTS) is 1. The van der Waals surface area contributed by atoms with E-state index in [1.165, 1.54) is 0 Å². The van der Waals surface area contributed by atoms with Gasteiger partial charge in [-0.2, -0.15) is 0 Å². The molecule has 2 aliphatic carbocycles. The molecule has 1 N–H and O–H groups in total. The van der Waals surface area contributed by atoms with Crippen molar-refractivity contribution in [1.82, 2.24) is 4.90 Å². The molecule has 0 aromatic rings. The van der Waals surface area contributed by atoms with Crippen molar-refractivity contribution in [2.75, 3.05) is 6.54 Å². The van der Waals surface area contributed by atoms with Crippen LogP contribution < -0.4 is 0 Å². The standard InChI is InChI=1S/C16H23NO3/c1-9-3-4-10(2)17(8-9)15(18)13-11-5-6-12(7-11)14(13)16(19)20/h5-6,9-14H,3-4,7-8H2,1-2H3,(H,19,20). The molecule has 1 saturated heterocycles. The van der Waals surface area contributed by atoms with E-state index in [1.807, 2.05) is 11.0 Å². The number of aliphatic carboxylic acids is 1. The first kappa shape index (κ1) is 13.7. The van der Waals surface area contributed by atoms with Crippen LogP contribution in [0.2, 0.25) is 0 Å². The molecular formula is C16H23NO3. The number of carbonyl (C=O) groups is 2. The van der Waals surface area contributed by atoms with Crippen LogP contribution in [-0.4, -0.2) is 34.5 Å². The number of nitrogens with zero attached hydrogens (tertiary/aromatic N) is 1. The Morgan fingerprint density at radius 1 is 1.10 bits per heavy atom. The van der Waals surface area contributed by atoms with Gasteiger partial charge in [-0.05, 0) is 43.9 Å². The van der Waals surface area contributed by atoms with Gasteiger partial charge in [0.25, 0.3) is 0 Å². The minimum Gasteiger partial charge on any atom is -0.481 e. The number of hydrogen-bond donors (Lipinski definition) is 1. The zero-order valence-electron chi connectivity index (χ0n) is 12.2. The molecule has 0 aromatic heterocycles. The Labute approximate surface area is 119 Å². The van der Waals surface area contributed by atoms with Gasteiger partial charge in [0.2, 0.25) is 5.91 Å². The van der Waals surface area contributed by atoms with Crippen LogP contribution in [0.5, 0.6) is 0 Å². The zero-order chi connectivity index (χ0) is 14.4. The Morgan fingerprint density at radius 2 is 1.75 bits per heavy atom. The van der Waals surface area contributed by atoms with Crippen molar-refractivity contribution >= 4 is 11.9 Å². The molecule has 1 heterocycles. The number of rotatable bonds is 2. The molecule has 0 radical (unpaired) electrons. The molecule has 1 aliphatic heterocycles. The van der Waals surface area contributed by atoms with Gasteiger partial charge < -0.3 is 10.0 Å². The number of allylic oxidation sites excluding steroid dienone is 2. The van der Waals surface area contributed by atoms with E-state index < -0.39 is 11.9 Å². The Hall–Kier alpha value is -1.32. The summed E-state index contributed by atoms with van der Waals surface area (Å²) in [6, 6.07) is 0.247. The van der Waals surface area contributed by atoms with Gasteiger partial charge in [0, 0.05) is 12.6 Å². The molecule has 0 aromatic carbocycles. The van der Waals surface area contributed by atoms with Gasteiger partial charge in [0.05, 0.1) is 11.8 Å². The van der Waals surface area contributed by atoms with Gasteiger partial charge in [-0.15, -0.1) is 0 Å². The van der Waals surface area contributed by atoms with E-state index in [9.17, 15) is 14.7 Å². The molecule has 2 fully saturated rings. The molecule has 20 heavy (non-hydrogen) atoms. The summed E-state index contributed by atoms with van der Waals surface area (Å²) in [6.45, 7) is 5.04. The lowest BCUT2D eigenvalue weighted by molar-refractivity contribution is -0.153. The smallest absolute Gasteiger partial charge is 0.307 e. The number of carboxylic acids is 1. The summed E-state index contributed by atoms with van der Waals surface area (Å²) < 4.78 is 0. The van der Waals surface area contributed by atoms with Crippen molar-refractivity contribution in [3.05, 3.63) is 12.2 Å². The van der Waals surface area contributed by atoms with Gasteiger partial charge in [-0.3, -0.25) is 9.59 Å². The van der Waals surface area contributed by atoms with Crippen LogP contribution in [-0.2, 0) is 9.59 Å². The van der Waals surface area contributed by atoms with E-state index in [4.69, 9.17) is 0 Å². The molecule has 3 rings (SSSR count). The molecule has 3 aliphatic rings. The Morgan fingerprint density at radius 3 is 2.40 bits per heavy atom. The minimum atomic E-state index is -0.807. The SMILES string of the molecule is CC1CCC(C)N(C(=O)C2C3C=CC(C3)C2C(=O)O)C1. The maximum Gasteiger partial charge on any atom is 0.307 e. The van der Waals surface area contributed by atoms with E-state index in [1.54, 1.807) is 0 Å². The molecule has 4 heteroatoms. The number of piperidine rings is 1. The minimum absolute atomic E-state index is 0.0592. The predicted octanol–water partition coefficient (Wildman–Crippen LogP) is 2.16. The lowest BCUT2D eigenvalue weighted by atomic mass is 9.81. The molecule has 0 spiro atoms. The van der Waals surface area contributed by atoms with Gasteiger partial charge in [0.1, 0.15) is 0 Å².